The number of nitro groups is 1. The van der Waals surface area contributed by atoms with Crippen molar-refractivity contribution < 1.29 is 19.6 Å². The summed E-state index contributed by atoms with van der Waals surface area (Å²) in [5.41, 5.74) is -0.710. The zero-order valence-electron chi connectivity index (χ0n) is 11.2. The van der Waals surface area contributed by atoms with E-state index in [0.29, 0.717) is 6.42 Å². The molecule has 0 fully saturated rings. The Balaban J connectivity index is 2.89. The van der Waals surface area contributed by atoms with Crippen LogP contribution in [0.25, 0.3) is 0 Å². The molecular weight excluding hydrogens is 268 g/mol. The molecule has 0 bridgehead atoms. The smallest absolute Gasteiger partial charge is 0.326 e. The van der Waals surface area contributed by atoms with Crippen molar-refractivity contribution in [2.75, 3.05) is 0 Å². The van der Waals surface area contributed by atoms with Gasteiger partial charge in [-0.2, -0.15) is 5.10 Å². The van der Waals surface area contributed by atoms with Gasteiger partial charge in [0.05, 0.1) is 4.92 Å². The summed E-state index contributed by atoms with van der Waals surface area (Å²) in [5.74, 6) is -2.05. The maximum Gasteiger partial charge on any atom is 0.326 e. The van der Waals surface area contributed by atoms with E-state index in [0.717, 1.165) is 6.42 Å². The molecule has 1 rings (SSSR count). The second-order valence-electron chi connectivity index (χ2n) is 4.31. The lowest BCUT2D eigenvalue weighted by molar-refractivity contribution is -0.385. The van der Waals surface area contributed by atoms with Crippen LogP contribution in [-0.2, 0) is 4.79 Å². The van der Waals surface area contributed by atoms with Crippen molar-refractivity contribution in [3.8, 4) is 0 Å². The number of nitrogens with one attached hydrogen (secondary N) is 2. The Kier molecular flexibility index (Phi) is 5.18. The molecule has 1 unspecified atom stereocenters. The molecule has 1 aromatic heterocycles. The van der Waals surface area contributed by atoms with Gasteiger partial charge < -0.3 is 10.4 Å². The number of aromatic amines is 1. The number of amides is 1. The number of unbranched alkanes of at least 4 members (excludes halogenated alkanes) is 1. The van der Waals surface area contributed by atoms with E-state index in [1.165, 1.54) is 6.92 Å². The third-order valence-corrected chi connectivity index (χ3v) is 2.76. The molecule has 20 heavy (non-hydrogen) atoms. The van der Waals surface area contributed by atoms with Crippen molar-refractivity contribution in [1.29, 1.82) is 0 Å². The Bertz CT molecular complexity index is 525. The van der Waals surface area contributed by atoms with Gasteiger partial charge in [0, 0.05) is 0 Å². The van der Waals surface area contributed by atoms with E-state index in [9.17, 15) is 19.7 Å². The normalized spacial score (nSPS) is 11.9. The largest absolute Gasteiger partial charge is 0.480 e. The van der Waals surface area contributed by atoms with E-state index in [2.05, 4.69) is 15.5 Å². The van der Waals surface area contributed by atoms with Crippen LogP contribution >= 0.6 is 0 Å². The molecule has 0 saturated carbocycles. The zero-order chi connectivity index (χ0) is 15.3. The number of rotatable bonds is 7. The predicted octanol–water partition coefficient (Wildman–Crippen LogP) is 1.000. The number of H-pyrrole nitrogens is 1. The van der Waals surface area contributed by atoms with Crippen LogP contribution in [0.15, 0.2) is 0 Å². The molecule has 3 N–H and O–H groups in total. The highest BCUT2D eigenvalue weighted by Gasteiger charge is 2.29. The van der Waals surface area contributed by atoms with E-state index in [1.54, 1.807) is 0 Å². The zero-order valence-corrected chi connectivity index (χ0v) is 11.2. The first-order valence-corrected chi connectivity index (χ1v) is 6.11. The third kappa shape index (κ3) is 3.53. The summed E-state index contributed by atoms with van der Waals surface area (Å²) < 4.78 is 0. The second kappa shape index (κ2) is 6.64. The number of nitrogens with zero attached hydrogens (tertiary/aromatic N) is 2. The molecule has 9 nitrogen and oxygen atoms in total. The standard InChI is InChI=1S/C11H16N4O5/c1-3-4-5-7(11(17)18)12-10(16)8-9(15(19)20)6(2)13-14-8/h7H,3-5H2,1-2H3,(H,12,16)(H,13,14)(H,17,18). The molecule has 1 heterocycles. The molecule has 110 valence electrons. The summed E-state index contributed by atoms with van der Waals surface area (Å²) in [4.78, 5) is 33.0. The molecule has 1 aromatic rings. The van der Waals surface area contributed by atoms with Crippen molar-refractivity contribution in [3.05, 3.63) is 21.5 Å². The Morgan fingerprint density at radius 1 is 1.55 bits per heavy atom. The van der Waals surface area contributed by atoms with Gasteiger partial charge in [-0.05, 0) is 13.3 Å². The Labute approximate surface area is 114 Å². The number of hydrogen-bond donors (Lipinski definition) is 3. The Morgan fingerprint density at radius 3 is 2.70 bits per heavy atom. The summed E-state index contributed by atoms with van der Waals surface area (Å²) in [6.07, 6.45) is 1.66. The van der Waals surface area contributed by atoms with Crippen LogP contribution in [-0.4, -0.2) is 38.1 Å². The minimum absolute atomic E-state index is 0.139. The molecule has 9 heteroatoms. The molecular formula is C11H16N4O5. The molecule has 0 aliphatic heterocycles. The van der Waals surface area contributed by atoms with Crippen LogP contribution in [0.5, 0.6) is 0 Å². The van der Waals surface area contributed by atoms with E-state index in [1.807, 2.05) is 6.92 Å². The van der Waals surface area contributed by atoms with Gasteiger partial charge in [-0.25, -0.2) is 4.79 Å². The molecule has 0 radical (unpaired) electrons. The van der Waals surface area contributed by atoms with Crippen molar-refractivity contribution >= 4 is 17.6 Å². The first kappa shape index (κ1) is 15.6. The molecule has 1 amide bonds. The first-order chi connectivity index (χ1) is 9.38. The van der Waals surface area contributed by atoms with Crippen LogP contribution < -0.4 is 5.32 Å². The van der Waals surface area contributed by atoms with Gasteiger partial charge in [-0.3, -0.25) is 20.0 Å². The minimum atomic E-state index is -1.18. The number of aliphatic carboxylic acids is 1. The molecule has 0 aliphatic carbocycles. The topological polar surface area (TPSA) is 138 Å². The minimum Gasteiger partial charge on any atom is -0.480 e. The maximum absolute atomic E-state index is 11.9. The average Bonchev–Trinajstić information content (AvgIpc) is 2.75. The van der Waals surface area contributed by atoms with Crippen LogP contribution in [0, 0.1) is 17.0 Å². The molecule has 0 spiro atoms. The van der Waals surface area contributed by atoms with E-state index in [4.69, 9.17) is 5.11 Å². The van der Waals surface area contributed by atoms with Crippen LogP contribution in [0.4, 0.5) is 5.69 Å². The van der Waals surface area contributed by atoms with E-state index < -0.39 is 34.2 Å². The fourth-order valence-electron chi connectivity index (χ4n) is 1.70. The van der Waals surface area contributed by atoms with Crippen LogP contribution in [0.3, 0.4) is 0 Å². The second-order valence-corrected chi connectivity index (χ2v) is 4.31. The Morgan fingerprint density at radius 2 is 2.20 bits per heavy atom. The van der Waals surface area contributed by atoms with Crippen molar-refractivity contribution in [2.24, 2.45) is 0 Å². The van der Waals surface area contributed by atoms with Crippen LogP contribution in [0.2, 0.25) is 0 Å². The van der Waals surface area contributed by atoms with Gasteiger partial charge in [0.2, 0.25) is 5.69 Å². The monoisotopic (exact) mass is 284 g/mol. The summed E-state index contributed by atoms with van der Waals surface area (Å²) in [5, 5.41) is 28.0. The number of hydrogen-bond acceptors (Lipinski definition) is 5. The number of aryl methyl sites for hydroxylation is 1. The lowest BCUT2D eigenvalue weighted by atomic mass is 10.1. The fourth-order valence-corrected chi connectivity index (χ4v) is 1.70. The van der Waals surface area contributed by atoms with Gasteiger partial charge in [-0.1, -0.05) is 19.8 Å². The number of carbonyl (C=O) groups is 2. The fraction of sp³-hybridized carbons (Fsp3) is 0.545. The summed E-state index contributed by atoms with van der Waals surface area (Å²) >= 11 is 0. The lowest BCUT2D eigenvalue weighted by Crippen LogP contribution is -2.41. The third-order valence-electron chi connectivity index (χ3n) is 2.76. The van der Waals surface area contributed by atoms with E-state index >= 15 is 0 Å². The van der Waals surface area contributed by atoms with E-state index in [-0.39, 0.29) is 12.1 Å². The summed E-state index contributed by atoms with van der Waals surface area (Å²) in [6, 6.07) is -1.08. The number of carbonyl (C=O) groups excluding carboxylic acids is 1. The van der Waals surface area contributed by atoms with Gasteiger partial charge in [0.1, 0.15) is 11.7 Å². The van der Waals surface area contributed by atoms with Crippen molar-refractivity contribution in [3.63, 3.8) is 0 Å². The quantitative estimate of drug-likeness (QED) is 0.504. The van der Waals surface area contributed by atoms with Gasteiger partial charge in [0.15, 0.2) is 0 Å². The van der Waals surface area contributed by atoms with Gasteiger partial charge in [-0.15, -0.1) is 0 Å². The molecule has 0 aromatic carbocycles. The van der Waals surface area contributed by atoms with Gasteiger partial charge in [0.25, 0.3) is 5.91 Å². The predicted molar refractivity (Wildman–Crippen MR) is 68.4 cm³/mol. The molecule has 0 saturated heterocycles. The summed E-state index contributed by atoms with van der Waals surface area (Å²) in [7, 11) is 0. The molecule has 1 atom stereocenters. The van der Waals surface area contributed by atoms with Crippen molar-refractivity contribution in [1.82, 2.24) is 15.5 Å². The number of aromatic nitrogens is 2. The average molecular weight is 284 g/mol. The lowest BCUT2D eigenvalue weighted by Gasteiger charge is -2.12. The highest BCUT2D eigenvalue weighted by Crippen LogP contribution is 2.20. The number of carboxylic acids is 1. The SMILES string of the molecule is CCCCC(NC(=O)c1n[nH]c(C)c1[N+](=O)[O-])C(=O)O. The highest BCUT2D eigenvalue weighted by molar-refractivity contribution is 5.98. The number of carboxylic acid groups (broad SMARTS) is 1. The van der Waals surface area contributed by atoms with Crippen LogP contribution in [0.1, 0.15) is 42.4 Å². The Hall–Kier alpha value is -2.45. The maximum atomic E-state index is 11.9. The molecule has 0 aliphatic rings. The first-order valence-electron chi connectivity index (χ1n) is 6.11. The van der Waals surface area contributed by atoms with Crippen molar-refractivity contribution in [2.45, 2.75) is 39.2 Å². The highest BCUT2D eigenvalue weighted by atomic mass is 16.6. The van der Waals surface area contributed by atoms with Gasteiger partial charge >= 0.3 is 11.7 Å². The summed E-state index contributed by atoms with van der Waals surface area (Å²) in [6.45, 7) is 3.30.